The Balaban J connectivity index is 2.63. The van der Waals surface area contributed by atoms with Crippen molar-refractivity contribution in [3.63, 3.8) is 0 Å². The lowest BCUT2D eigenvalue weighted by Gasteiger charge is -2.28. The summed E-state index contributed by atoms with van der Waals surface area (Å²) in [7, 11) is 1.63. The fraction of sp³-hybridized carbons (Fsp3) is 0.611. The van der Waals surface area contributed by atoms with Gasteiger partial charge in [0.15, 0.2) is 0 Å². The molecule has 0 aliphatic carbocycles. The molecule has 0 heterocycles. The Morgan fingerprint density at radius 3 is 2.35 bits per heavy atom. The molecule has 0 aromatic heterocycles. The lowest BCUT2D eigenvalue weighted by Crippen LogP contribution is -2.43. The molecule has 1 atom stereocenters. The van der Waals surface area contributed by atoms with E-state index in [0.29, 0.717) is 26.2 Å². The summed E-state index contributed by atoms with van der Waals surface area (Å²) >= 11 is 0. The quantitative estimate of drug-likeness (QED) is 0.632. The molecule has 0 aliphatic rings. The molecule has 23 heavy (non-hydrogen) atoms. The molecule has 0 spiro atoms. The Kier molecular flexibility index (Phi) is 8.66. The minimum atomic E-state index is -0.793. The Labute approximate surface area is 139 Å². The van der Waals surface area contributed by atoms with Crippen molar-refractivity contribution in [2.24, 2.45) is 0 Å². The predicted molar refractivity (Wildman–Crippen MR) is 92.0 cm³/mol. The van der Waals surface area contributed by atoms with Crippen LogP contribution in [0.4, 0.5) is 5.69 Å². The zero-order valence-electron chi connectivity index (χ0n) is 14.7. The number of ether oxygens (including phenoxy) is 3. The summed E-state index contributed by atoms with van der Waals surface area (Å²) in [6.45, 7) is 7.56. The van der Waals surface area contributed by atoms with Crippen LogP contribution in [0.3, 0.4) is 0 Å². The number of anilines is 1. The second kappa shape index (κ2) is 10.2. The van der Waals surface area contributed by atoms with Crippen molar-refractivity contribution in [3.05, 3.63) is 24.3 Å². The third-order valence-electron chi connectivity index (χ3n) is 3.50. The van der Waals surface area contributed by atoms with Crippen LogP contribution in [0, 0.1) is 0 Å². The Bertz CT molecular complexity index is 461. The highest BCUT2D eigenvalue weighted by Gasteiger charge is 2.33. The summed E-state index contributed by atoms with van der Waals surface area (Å²) in [6.07, 6.45) is 2.47. The van der Waals surface area contributed by atoms with E-state index in [0.717, 1.165) is 24.3 Å². The topological polar surface area (TPSA) is 56.8 Å². The first-order valence-electron chi connectivity index (χ1n) is 8.23. The Morgan fingerprint density at radius 1 is 1.09 bits per heavy atom. The van der Waals surface area contributed by atoms with E-state index in [2.05, 4.69) is 5.32 Å². The highest BCUT2D eigenvalue weighted by Crippen LogP contribution is 2.22. The number of carbonyl (C=O) groups is 1. The van der Waals surface area contributed by atoms with Crippen molar-refractivity contribution in [1.29, 1.82) is 0 Å². The van der Waals surface area contributed by atoms with Gasteiger partial charge in [-0.25, -0.2) is 0 Å². The van der Waals surface area contributed by atoms with E-state index in [-0.39, 0.29) is 5.91 Å². The number of nitrogens with one attached hydrogen (secondary N) is 1. The van der Waals surface area contributed by atoms with E-state index in [1.54, 1.807) is 7.11 Å². The molecule has 1 rings (SSSR count). The van der Waals surface area contributed by atoms with Crippen LogP contribution in [-0.4, -0.2) is 38.4 Å². The molecule has 1 N–H and O–H groups in total. The number of carbonyl (C=O) groups excluding carboxylic acids is 1. The minimum Gasteiger partial charge on any atom is -0.491 e. The van der Waals surface area contributed by atoms with E-state index in [9.17, 15) is 4.79 Å². The fourth-order valence-electron chi connectivity index (χ4n) is 2.20. The van der Waals surface area contributed by atoms with Gasteiger partial charge < -0.3 is 19.5 Å². The van der Waals surface area contributed by atoms with Gasteiger partial charge >= 0.3 is 0 Å². The van der Waals surface area contributed by atoms with Crippen LogP contribution < -0.4 is 10.1 Å². The first-order chi connectivity index (χ1) is 11.1. The number of hydrogen-bond donors (Lipinski definition) is 1. The fourth-order valence-corrected chi connectivity index (χ4v) is 2.20. The zero-order valence-corrected chi connectivity index (χ0v) is 14.7. The van der Waals surface area contributed by atoms with Crippen molar-refractivity contribution in [2.75, 3.05) is 32.2 Å². The summed E-state index contributed by atoms with van der Waals surface area (Å²) in [5, 5.41) is 2.93. The average Bonchev–Trinajstić information content (AvgIpc) is 2.55. The minimum absolute atomic E-state index is 0.110. The Morgan fingerprint density at radius 2 is 1.78 bits per heavy atom. The van der Waals surface area contributed by atoms with Gasteiger partial charge in [0.2, 0.25) is 0 Å². The van der Waals surface area contributed by atoms with Gasteiger partial charge in [-0.15, -0.1) is 0 Å². The molecular weight excluding hydrogens is 294 g/mol. The van der Waals surface area contributed by atoms with Gasteiger partial charge in [0.1, 0.15) is 18.0 Å². The van der Waals surface area contributed by atoms with E-state index >= 15 is 0 Å². The molecule has 5 heteroatoms. The summed E-state index contributed by atoms with van der Waals surface area (Å²) < 4.78 is 16.2. The van der Waals surface area contributed by atoms with Gasteiger partial charge in [-0.05, 0) is 44.0 Å². The first kappa shape index (κ1) is 19.5. The molecule has 5 nitrogen and oxygen atoms in total. The van der Waals surface area contributed by atoms with Crippen molar-refractivity contribution in [3.8, 4) is 5.75 Å². The van der Waals surface area contributed by atoms with Gasteiger partial charge in [-0.2, -0.15) is 0 Å². The maximum Gasteiger partial charge on any atom is 0.256 e. The summed E-state index contributed by atoms with van der Waals surface area (Å²) in [5.41, 5.74) is -0.0604. The molecule has 0 unspecified atom stereocenters. The Hall–Kier alpha value is -1.59. The highest BCUT2D eigenvalue weighted by molar-refractivity contribution is 5.97. The highest BCUT2D eigenvalue weighted by atomic mass is 16.5. The van der Waals surface area contributed by atoms with Gasteiger partial charge in [0.25, 0.3) is 5.91 Å². The maximum atomic E-state index is 12.5. The molecule has 1 aromatic carbocycles. The number of amides is 1. The molecule has 0 radical (unpaired) electrons. The monoisotopic (exact) mass is 323 g/mol. The lowest BCUT2D eigenvalue weighted by atomic mass is 9.99. The summed E-state index contributed by atoms with van der Waals surface area (Å²) in [4.78, 5) is 12.5. The molecule has 1 aromatic rings. The molecule has 0 saturated carbocycles. The standard InChI is InChI=1S/C18H29NO4/c1-5-11-18(3,23-12-6-2)17(20)19-15-7-9-16(10-8-15)22-14-13-21-4/h7-10H,5-6,11-14H2,1-4H3,(H,19,20)/t18-/m0/s1. The molecule has 0 fully saturated rings. The third kappa shape index (κ3) is 6.59. The number of methoxy groups -OCH3 is 1. The van der Waals surface area contributed by atoms with Crippen molar-refractivity contribution < 1.29 is 19.0 Å². The molecule has 0 bridgehead atoms. The average molecular weight is 323 g/mol. The van der Waals surface area contributed by atoms with Crippen molar-refractivity contribution >= 4 is 11.6 Å². The smallest absolute Gasteiger partial charge is 0.256 e. The van der Waals surface area contributed by atoms with Gasteiger partial charge in [-0.3, -0.25) is 4.79 Å². The molecule has 0 saturated heterocycles. The van der Waals surface area contributed by atoms with E-state index in [1.165, 1.54) is 0 Å². The number of rotatable bonds is 11. The number of benzene rings is 1. The second-order valence-corrected chi connectivity index (χ2v) is 5.65. The molecule has 130 valence electrons. The van der Waals surface area contributed by atoms with Gasteiger partial charge in [-0.1, -0.05) is 20.3 Å². The van der Waals surface area contributed by atoms with E-state index in [4.69, 9.17) is 14.2 Å². The third-order valence-corrected chi connectivity index (χ3v) is 3.50. The van der Waals surface area contributed by atoms with Crippen LogP contribution >= 0.6 is 0 Å². The van der Waals surface area contributed by atoms with Crippen LogP contribution in [0.25, 0.3) is 0 Å². The number of hydrogen-bond acceptors (Lipinski definition) is 4. The predicted octanol–water partition coefficient (Wildman–Crippen LogP) is 3.64. The van der Waals surface area contributed by atoms with Crippen molar-refractivity contribution in [2.45, 2.75) is 45.6 Å². The summed E-state index contributed by atoms with van der Waals surface area (Å²) in [5.74, 6) is 0.638. The van der Waals surface area contributed by atoms with Crippen LogP contribution in [0.2, 0.25) is 0 Å². The first-order valence-corrected chi connectivity index (χ1v) is 8.23. The second-order valence-electron chi connectivity index (χ2n) is 5.65. The SMILES string of the molecule is CCCO[C@@](C)(CCC)C(=O)Nc1ccc(OCCOC)cc1. The van der Waals surface area contributed by atoms with Crippen LogP contribution in [-0.2, 0) is 14.3 Å². The largest absolute Gasteiger partial charge is 0.491 e. The maximum absolute atomic E-state index is 12.5. The molecule has 1 amide bonds. The van der Waals surface area contributed by atoms with Gasteiger partial charge in [0.05, 0.1) is 6.61 Å². The molecule has 0 aliphatic heterocycles. The van der Waals surface area contributed by atoms with Crippen molar-refractivity contribution in [1.82, 2.24) is 0 Å². The van der Waals surface area contributed by atoms with Crippen LogP contribution in [0.5, 0.6) is 5.75 Å². The van der Waals surface area contributed by atoms with E-state index < -0.39 is 5.60 Å². The van der Waals surface area contributed by atoms with Gasteiger partial charge in [0, 0.05) is 19.4 Å². The van der Waals surface area contributed by atoms with E-state index in [1.807, 2.05) is 45.0 Å². The zero-order chi connectivity index (χ0) is 17.1. The normalized spacial score (nSPS) is 13.4. The lowest BCUT2D eigenvalue weighted by molar-refractivity contribution is -0.140. The van der Waals surface area contributed by atoms with Crippen LogP contribution in [0.1, 0.15) is 40.0 Å². The van der Waals surface area contributed by atoms with Crippen LogP contribution in [0.15, 0.2) is 24.3 Å². The molecular formula is C18H29NO4. The summed E-state index contributed by atoms with van der Waals surface area (Å²) in [6, 6.07) is 7.31.